The van der Waals surface area contributed by atoms with Gasteiger partial charge in [-0.2, -0.15) is 4.52 Å². The zero-order valence-electron chi connectivity index (χ0n) is 13.4. The molecule has 4 aromatic rings. The van der Waals surface area contributed by atoms with Crippen molar-refractivity contribution >= 4 is 28.3 Å². The molecule has 6 heteroatoms. The zero-order chi connectivity index (χ0) is 16.5. The number of nitrogens with zero attached hydrogens (tertiary/aromatic N) is 4. The number of hydrogen-bond donors (Lipinski definition) is 0. The molecule has 0 aliphatic rings. The molecule has 0 bridgehead atoms. The van der Waals surface area contributed by atoms with Crippen LogP contribution in [0.1, 0.15) is 11.4 Å². The predicted molar refractivity (Wildman–Crippen MR) is 95.6 cm³/mol. The Morgan fingerprint density at radius 2 is 1.83 bits per heavy atom. The standard InChI is InChI=1S/C18H16N4OS/c1-12-19-17-15-5-3-4-6-16(15)20-18(22(17)21-12)24-11-13-7-9-14(23-2)10-8-13/h3-10H,11H2,1-2H3. The Bertz CT molecular complexity index is 1010. The minimum absolute atomic E-state index is 0.749. The molecule has 0 spiro atoms. The second-order valence-corrected chi connectivity index (χ2v) is 6.39. The first-order valence-electron chi connectivity index (χ1n) is 7.62. The van der Waals surface area contributed by atoms with Crippen LogP contribution in [0.2, 0.25) is 0 Å². The predicted octanol–water partition coefficient (Wildman–Crippen LogP) is 3.89. The van der Waals surface area contributed by atoms with Gasteiger partial charge in [-0.05, 0) is 36.8 Å². The van der Waals surface area contributed by atoms with Gasteiger partial charge in [-0.1, -0.05) is 36.0 Å². The zero-order valence-corrected chi connectivity index (χ0v) is 14.2. The average Bonchev–Trinajstić information content (AvgIpc) is 3.02. The molecule has 0 radical (unpaired) electrons. The van der Waals surface area contributed by atoms with Crippen LogP contribution in [-0.4, -0.2) is 26.7 Å². The summed E-state index contributed by atoms with van der Waals surface area (Å²) in [5, 5.41) is 6.37. The van der Waals surface area contributed by atoms with E-state index in [-0.39, 0.29) is 0 Å². The number of rotatable bonds is 4. The molecule has 0 N–H and O–H groups in total. The molecule has 0 fully saturated rings. The van der Waals surface area contributed by atoms with Gasteiger partial charge in [0, 0.05) is 11.1 Å². The van der Waals surface area contributed by atoms with Crippen LogP contribution < -0.4 is 4.74 Å². The molecular weight excluding hydrogens is 320 g/mol. The van der Waals surface area contributed by atoms with Crippen molar-refractivity contribution < 1.29 is 4.74 Å². The average molecular weight is 336 g/mol. The normalized spacial score (nSPS) is 11.2. The highest BCUT2D eigenvalue weighted by Gasteiger charge is 2.12. The van der Waals surface area contributed by atoms with E-state index in [0.717, 1.165) is 39.0 Å². The third-order valence-electron chi connectivity index (χ3n) is 3.78. The maximum absolute atomic E-state index is 5.20. The summed E-state index contributed by atoms with van der Waals surface area (Å²) < 4.78 is 7.04. The van der Waals surface area contributed by atoms with Crippen molar-refractivity contribution in [3.63, 3.8) is 0 Å². The Kier molecular flexibility index (Phi) is 3.82. The SMILES string of the molecule is COc1ccc(CSc2nc3ccccc3c3nc(C)nn23)cc1. The lowest BCUT2D eigenvalue weighted by atomic mass is 10.2. The molecule has 2 aromatic carbocycles. The van der Waals surface area contributed by atoms with E-state index in [1.54, 1.807) is 18.9 Å². The third-order valence-corrected chi connectivity index (χ3v) is 4.78. The van der Waals surface area contributed by atoms with E-state index in [1.807, 2.05) is 47.8 Å². The number of para-hydroxylation sites is 1. The fourth-order valence-corrected chi connectivity index (χ4v) is 3.50. The highest BCUT2D eigenvalue weighted by molar-refractivity contribution is 7.98. The van der Waals surface area contributed by atoms with Crippen molar-refractivity contribution in [3.05, 3.63) is 59.9 Å². The minimum Gasteiger partial charge on any atom is -0.497 e. The molecule has 120 valence electrons. The lowest BCUT2D eigenvalue weighted by Crippen LogP contribution is -1.98. The van der Waals surface area contributed by atoms with E-state index in [1.165, 1.54) is 5.56 Å². The van der Waals surface area contributed by atoms with Crippen LogP contribution in [-0.2, 0) is 5.75 Å². The largest absolute Gasteiger partial charge is 0.497 e. The van der Waals surface area contributed by atoms with Gasteiger partial charge in [0.25, 0.3) is 0 Å². The van der Waals surface area contributed by atoms with Crippen LogP contribution in [0.3, 0.4) is 0 Å². The van der Waals surface area contributed by atoms with Crippen LogP contribution in [0.25, 0.3) is 16.6 Å². The number of fused-ring (bicyclic) bond motifs is 3. The summed E-state index contributed by atoms with van der Waals surface area (Å²) in [6, 6.07) is 16.1. The molecule has 0 unspecified atom stereocenters. The number of methoxy groups -OCH3 is 1. The molecule has 0 amide bonds. The molecule has 0 saturated carbocycles. The number of ether oxygens (including phenoxy) is 1. The van der Waals surface area contributed by atoms with E-state index < -0.39 is 0 Å². The summed E-state index contributed by atoms with van der Waals surface area (Å²) in [4.78, 5) is 9.33. The van der Waals surface area contributed by atoms with Crippen molar-refractivity contribution in [2.75, 3.05) is 7.11 Å². The van der Waals surface area contributed by atoms with Gasteiger partial charge in [0.15, 0.2) is 10.8 Å². The molecule has 0 aliphatic heterocycles. The van der Waals surface area contributed by atoms with Crippen molar-refractivity contribution in [2.24, 2.45) is 0 Å². The molecule has 0 saturated heterocycles. The van der Waals surface area contributed by atoms with Gasteiger partial charge in [-0.25, -0.2) is 9.97 Å². The van der Waals surface area contributed by atoms with Gasteiger partial charge in [-0.3, -0.25) is 0 Å². The van der Waals surface area contributed by atoms with Gasteiger partial charge in [0.2, 0.25) is 0 Å². The number of aryl methyl sites for hydroxylation is 1. The fourth-order valence-electron chi connectivity index (χ4n) is 2.60. The van der Waals surface area contributed by atoms with Gasteiger partial charge >= 0.3 is 0 Å². The van der Waals surface area contributed by atoms with Gasteiger partial charge in [0.05, 0.1) is 12.6 Å². The van der Waals surface area contributed by atoms with Crippen molar-refractivity contribution in [2.45, 2.75) is 17.8 Å². The molecule has 2 aromatic heterocycles. The molecule has 2 heterocycles. The smallest absolute Gasteiger partial charge is 0.191 e. The first-order chi connectivity index (χ1) is 11.7. The molecule has 0 aliphatic carbocycles. The Morgan fingerprint density at radius 1 is 1.04 bits per heavy atom. The first kappa shape index (κ1) is 15.0. The van der Waals surface area contributed by atoms with Crippen LogP contribution in [0.4, 0.5) is 0 Å². The van der Waals surface area contributed by atoms with Crippen molar-refractivity contribution in [3.8, 4) is 5.75 Å². The fraction of sp³-hybridized carbons (Fsp3) is 0.167. The van der Waals surface area contributed by atoms with E-state index in [2.05, 4.69) is 22.2 Å². The Labute approximate surface area is 143 Å². The van der Waals surface area contributed by atoms with Gasteiger partial charge < -0.3 is 4.74 Å². The molecule has 0 atom stereocenters. The lowest BCUT2D eigenvalue weighted by Gasteiger charge is -2.07. The van der Waals surface area contributed by atoms with Gasteiger partial charge in [-0.15, -0.1) is 5.10 Å². The van der Waals surface area contributed by atoms with E-state index in [4.69, 9.17) is 9.72 Å². The van der Waals surface area contributed by atoms with Gasteiger partial charge in [0.1, 0.15) is 11.6 Å². The summed E-state index contributed by atoms with van der Waals surface area (Å²) >= 11 is 1.65. The second-order valence-electron chi connectivity index (χ2n) is 5.44. The maximum atomic E-state index is 5.20. The summed E-state index contributed by atoms with van der Waals surface area (Å²) in [5.74, 6) is 2.42. The van der Waals surface area contributed by atoms with Crippen LogP contribution in [0, 0.1) is 6.92 Å². The van der Waals surface area contributed by atoms with E-state index in [0.29, 0.717) is 0 Å². The highest BCUT2D eigenvalue weighted by atomic mass is 32.2. The summed E-state index contributed by atoms with van der Waals surface area (Å²) in [6.45, 7) is 1.90. The third kappa shape index (κ3) is 2.69. The van der Waals surface area contributed by atoms with Crippen LogP contribution in [0.5, 0.6) is 5.75 Å². The second kappa shape index (κ2) is 6.13. The van der Waals surface area contributed by atoms with Crippen molar-refractivity contribution in [1.82, 2.24) is 19.6 Å². The maximum Gasteiger partial charge on any atom is 0.191 e. The monoisotopic (exact) mass is 336 g/mol. The van der Waals surface area contributed by atoms with Crippen LogP contribution in [0.15, 0.2) is 53.7 Å². The highest BCUT2D eigenvalue weighted by Crippen LogP contribution is 2.26. The topological polar surface area (TPSA) is 52.3 Å². The Hall–Kier alpha value is -2.60. The number of benzene rings is 2. The number of thioether (sulfide) groups is 1. The quantitative estimate of drug-likeness (QED) is 0.418. The minimum atomic E-state index is 0.749. The Morgan fingerprint density at radius 3 is 2.62 bits per heavy atom. The summed E-state index contributed by atoms with van der Waals surface area (Å²) in [6.07, 6.45) is 0. The summed E-state index contributed by atoms with van der Waals surface area (Å²) in [5.41, 5.74) is 3.01. The summed E-state index contributed by atoms with van der Waals surface area (Å²) in [7, 11) is 1.67. The van der Waals surface area contributed by atoms with E-state index in [9.17, 15) is 0 Å². The van der Waals surface area contributed by atoms with Crippen LogP contribution >= 0.6 is 11.8 Å². The molecular formula is C18H16N4OS. The molecule has 4 rings (SSSR count). The number of aromatic nitrogens is 4. The first-order valence-corrected chi connectivity index (χ1v) is 8.61. The van der Waals surface area contributed by atoms with Crippen molar-refractivity contribution in [1.29, 1.82) is 0 Å². The Balaban J connectivity index is 1.71. The lowest BCUT2D eigenvalue weighted by molar-refractivity contribution is 0.414. The molecule has 5 nitrogen and oxygen atoms in total. The number of hydrogen-bond acceptors (Lipinski definition) is 5. The molecule has 24 heavy (non-hydrogen) atoms. The van der Waals surface area contributed by atoms with E-state index >= 15 is 0 Å².